The zero-order valence-corrected chi connectivity index (χ0v) is 18.5. The highest BCUT2D eigenvalue weighted by Gasteiger charge is 2.49. The van der Waals surface area contributed by atoms with Gasteiger partial charge in [-0.15, -0.1) is 6.58 Å². The van der Waals surface area contributed by atoms with Gasteiger partial charge in [-0.05, 0) is 48.6 Å². The van der Waals surface area contributed by atoms with Crippen LogP contribution in [0.5, 0.6) is 0 Å². The summed E-state index contributed by atoms with van der Waals surface area (Å²) in [5.41, 5.74) is 4.61. The summed E-state index contributed by atoms with van der Waals surface area (Å²) in [4.78, 5) is 16.0. The standard InChI is InChI=1S/C27H26FNO5/c1-2-14(13-20(30)24(31)27(32)33)25-26(34-25)22-21(15-9-11-17(28)12-10-15)18-5-3-4-6-19(18)29-23(22)16-7-8-16/h2-6,9-12,14,16,20,24-26,30-31H,1,7-8,13H2,(H,32,33). The van der Waals surface area contributed by atoms with Crippen molar-refractivity contribution in [2.24, 2.45) is 5.92 Å². The predicted octanol–water partition coefficient (Wildman–Crippen LogP) is 4.36. The molecule has 1 aliphatic carbocycles. The van der Waals surface area contributed by atoms with Gasteiger partial charge in [0.2, 0.25) is 0 Å². The third-order valence-electron chi connectivity index (χ3n) is 6.72. The molecule has 2 aliphatic rings. The van der Waals surface area contributed by atoms with Crippen LogP contribution < -0.4 is 0 Å². The number of fused-ring (bicyclic) bond motifs is 1. The molecule has 1 saturated carbocycles. The molecule has 1 saturated heterocycles. The predicted molar refractivity (Wildman–Crippen MR) is 125 cm³/mol. The summed E-state index contributed by atoms with van der Waals surface area (Å²) in [6, 6.07) is 14.2. The zero-order chi connectivity index (χ0) is 24.0. The van der Waals surface area contributed by atoms with Gasteiger partial charge in [-0.2, -0.15) is 0 Å². The average Bonchev–Trinajstić information content (AvgIpc) is 3.75. The lowest BCUT2D eigenvalue weighted by Gasteiger charge is -2.19. The van der Waals surface area contributed by atoms with Crippen molar-refractivity contribution in [3.05, 3.63) is 78.3 Å². The fraction of sp³-hybridized carbons (Fsp3) is 0.333. The largest absolute Gasteiger partial charge is 0.479 e. The first-order chi connectivity index (χ1) is 16.4. The number of carboxylic acid groups (broad SMARTS) is 1. The molecule has 5 unspecified atom stereocenters. The van der Waals surface area contributed by atoms with Crippen LogP contribution in [0.4, 0.5) is 4.39 Å². The van der Waals surface area contributed by atoms with E-state index in [1.54, 1.807) is 18.2 Å². The first-order valence-corrected chi connectivity index (χ1v) is 11.4. The second kappa shape index (κ2) is 8.91. The lowest BCUT2D eigenvalue weighted by atomic mass is 9.86. The molecular formula is C27H26FNO5. The molecule has 1 aromatic heterocycles. The maximum Gasteiger partial charge on any atom is 0.335 e. The Morgan fingerprint density at radius 1 is 1.18 bits per heavy atom. The van der Waals surface area contributed by atoms with Gasteiger partial charge in [0.1, 0.15) is 11.9 Å². The van der Waals surface area contributed by atoms with E-state index >= 15 is 0 Å². The number of rotatable bonds is 9. The van der Waals surface area contributed by atoms with Gasteiger partial charge in [0.15, 0.2) is 6.10 Å². The van der Waals surface area contributed by atoms with Gasteiger partial charge < -0.3 is 20.1 Å². The van der Waals surface area contributed by atoms with Gasteiger partial charge in [0, 0.05) is 22.8 Å². The molecule has 2 heterocycles. The molecular weight excluding hydrogens is 437 g/mol. The molecule has 2 aromatic carbocycles. The fourth-order valence-corrected chi connectivity index (χ4v) is 4.75. The topological polar surface area (TPSA) is 103 Å². The van der Waals surface area contributed by atoms with Crippen LogP contribution in [0.3, 0.4) is 0 Å². The van der Waals surface area contributed by atoms with Crippen LogP contribution >= 0.6 is 0 Å². The van der Waals surface area contributed by atoms with Crippen LogP contribution in [0.2, 0.25) is 0 Å². The fourth-order valence-electron chi connectivity index (χ4n) is 4.75. The molecule has 7 heteroatoms. The number of para-hydroxylation sites is 1. The van der Waals surface area contributed by atoms with Crippen molar-refractivity contribution in [1.82, 2.24) is 4.98 Å². The number of epoxide rings is 1. The van der Waals surface area contributed by atoms with E-state index in [-0.39, 0.29) is 30.4 Å². The quantitative estimate of drug-likeness (QED) is 0.322. The van der Waals surface area contributed by atoms with Crippen molar-refractivity contribution in [3.8, 4) is 11.1 Å². The SMILES string of the molecule is C=CC(CC(O)C(O)C(=O)O)C1OC1c1c(C2CC2)nc2ccccc2c1-c1ccc(F)cc1. The van der Waals surface area contributed by atoms with Crippen LogP contribution in [0.1, 0.15) is 42.5 Å². The monoisotopic (exact) mass is 463 g/mol. The molecule has 34 heavy (non-hydrogen) atoms. The summed E-state index contributed by atoms with van der Waals surface area (Å²) in [6.45, 7) is 3.84. The molecule has 0 radical (unpaired) electrons. The second-order valence-corrected chi connectivity index (χ2v) is 9.09. The molecule has 0 bridgehead atoms. The van der Waals surface area contributed by atoms with E-state index in [1.807, 2.05) is 24.3 Å². The first kappa shape index (κ1) is 22.7. The highest BCUT2D eigenvalue weighted by molar-refractivity contribution is 5.97. The van der Waals surface area contributed by atoms with Crippen LogP contribution in [-0.4, -0.2) is 44.6 Å². The van der Waals surface area contributed by atoms with Crippen LogP contribution in [0, 0.1) is 11.7 Å². The minimum atomic E-state index is -1.88. The van der Waals surface area contributed by atoms with Gasteiger partial charge in [0.05, 0.1) is 23.4 Å². The number of aromatic nitrogens is 1. The smallest absolute Gasteiger partial charge is 0.335 e. The summed E-state index contributed by atoms with van der Waals surface area (Å²) < 4.78 is 19.9. The number of pyridine rings is 1. The number of benzene rings is 2. The highest BCUT2D eigenvalue weighted by Crippen LogP contribution is 2.54. The van der Waals surface area contributed by atoms with Crippen molar-refractivity contribution in [1.29, 1.82) is 0 Å². The maximum absolute atomic E-state index is 13.7. The van der Waals surface area contributed by atoms with Gasteiger partial charge in [-0.25, -0.2) is 9.18 Å². The Kier molecular flexibility index (Phi) is 5.93. The Hall–Kier alpha value is -3.13. The van der Waals surface area contributed by atoms with E-state index in [2.05, 4.69) is 6.58 Å². The number of aliphatic hydroxyl groups is 2. The maximum atomic E-state index is 13.7. The lowest BCUT2D eigenvalue weighted by Crippen LogP contribution is -2.35. The van der Waals surface area contributed by atoms with E-state index in [4.69, 9.17) is 14.8 Å². The third-order valence-corrected chi connectivity index (χ3v) is 6.72. The van der Waals surface area contributed by atoms with Crippen LogP contribution in [-0.2, 0) is 9.53 Å². The number of hydrogen-bond donors (Lipinski definition) is 3. The summed E-state index contributed by atoms with van der Waals surface area (Å²) in [7, 11) is 0. The van der Waals surface area contributed by atoms with Crippen molar-refractivity contribution in [3.63, 3.8) is 0 Å². The van der Waals surface area contributed by atoms with Gasteiger partial charge in [-0.3, -0.25) is 4.98 Å². The first-order valence-electron chi connectivity index (χ1n) is 11.4. The number of nitrogens with zero attached hydrogens (tertiary/aromatic N) is 1. The minimum Gasteiger partial charge on any atom is -0.479 e. The van der Waals surface area contributed by atoms with Crippen molar-refractivity contribution >= 4 is 16.9 Å². The average molecular weight is 464 g/mol. The van der Waals surface area contributed by atoms with E-state index in [1.165, 1.54) is 12.1 Å². The number of carboxylic acids is 1. The molecule has 3 N–H and O–H groups in total. The summed E-state index contributed by atoms with van der Waals surface area (Å²) in [5.74, 6) is -1.83. The molecule has 6 nitrogen and oxygen atoms in total. The number of ether oxygens (including phenoxy) is 1. The number of halogens is 1. The summed E-state index contributed by atoms with van der Waals surface area (Å²) >= 11 is 0. The third kappa shape index (κ3) is 4.22. The normalized spacial score (nSPS) is 22.2. The molecule has 5 atom stereocenters. The Balaban J connectivity index is 1.57. The highest BCUT2D eigenvalue weighted by atomic mass is 19.1. The summed E-state index contributed by atoms with van der Waals surface area (Å²) in [6.07, 6.45) is -0.286. The van der Waals surface area contributed by atoms with E-state index in [9.17, 15) is 19.4 Å². The number of hydrogen-bond acceptors (Lipinski definition) is 5. The van der Waals surface area contributed by atoms with Crippen molar-refractivity contribution in [2.75, 3.05) is 0 Å². The second-order valence-electron chi connectivity index (χ2n) is 9.09. The molecule has 0 spiro atoms. The molecule has 176 valence electrons. The van der Waals surface area contributed by atoms with Gasteiger partial charge in [-0.1, -0.05) is 36.4 Å². The zero-order valence-electron chi connectivity index (χ0n) is 18.5. The minimum absolute atomic E-state index is 0.00376. The molecule has 3 aromatic rings. The molecule has 1 aliphatic heterocycles. The Bertz CT molecular complexity index is 1240. The Morgan fingerprint density at radius 3 is 2.53 bits per heavy atom. The molecule has 0 amide bonds. The Labute approximate surface area is 196 Å². The van der Waals surface area contributed by atoms with E-state index < -0.39 is 18.2 Å². The van der Waals surface area contributed by atoms with Crippen molar-refractivity contribution < 1.29 is 29.2 Å². The van der Waals surface area contributed by atoms with Gasteiger partial charge >= 0.3 is 5.97 Å². The number of aliphatic carboxylic acids is 1. The molecule has 5 rings (SSSR count). The van der Waals surface area contributed by atoms with Crippen LogP contribution in [0.15, 0.2) is 61.2 Å². The lowest BCUT2D eigenvalue weighted by molar-refractivity contribution is -0.153. The van der Waals surface area contributed by atoms with E-state index in [0.29, 0.717) is 5.92 Å². The summed E-state index contributed by atoms with van der Waals surface area (Å²) in [5, 5.41) is 29.9. The van der Waals surface area contributed by atoms with Gasteiger partial charge in [0.25, 0.3) is 0 Å². The number of aliphatic hydroxyl groups excluding tert-OH is 2. The van der Waals surface area contributed by atoms with E-state index in [0.717, 1.165) is 46.1 Å². The van der Waals surface area contributed by atoms with Crippen LogP contribution in [0.25, 0.3) is 22.0 Å². The van der Waals surface area contributed by atoms with Crippen molar-refractivity contribution in [2.45, 2.75) is 49.6 Å². The Morgan fingerprint density at radius 2 is 1.88 bits per heavy atom. The molecule has 2 fully saturated rings. The number of carbonyl (C=O) groups is 1.